The Morgan fingerprint density at radius 1 is 0.286 bits per heavy atom. The van der Waals surface area contributed by atoms with Crippen LogP contribution in [-0.2, 0) is 0 Å². The molecule has 4 aromatic heterocycles. The van der Waals surface area contributed by atoms with Crippen LogP contribution in [-0.4, -0.2) is 29.1 Å². The Kier molecular flexibility index (Phi) is 6.53. The van der Waals surface area contributed by atoms with Crippen LogP contribution in [0, 0.1) is 0 Å². The van der Waals surface area contributed by atoms with Gasteiger partial charge in [0.15, 0.2) is 0 Å². The molecule has 0 aliphatic carbocycles. The lowest BCUT2D eigenvalue weighted by atomic mass is 10.0. The van der Waals surface area contributed by atoms with E-state index >= 15 is 0 Å². The van der Waals surface area contributed by atoms with E-state index in [0.717, 1.165) is 55.4 Å². The van der Waals surface area contributed by atoms with Gasteiger partial charge in [-0.1, -0.05) is 158 Å². The van der Waals surface area contributed by atoms with E-state index in [1.165, 1.54) is 32.3 Å². The summed E-state index contributed by atoms with van der Waals surface area (Å²) in [5, 5.41) is 9.43. The average molecular weight is 715 g/mol. The molecule has 56 heavy (non-hydrogen) atoms. The Bertz CT molecular complexity index is 3290. The van der Waals surface area contributed by atoms with Gasteiger partial charge in [-0.2, -0.15) is 0 Å². The lowest BCUT2D eigenvalue weighted by Crippen LogP contribution is -2.09. The fourth-order valence-corrected chi connectivity index (χ4v) is 8.70. The summed E-state index contributed by atoms with van der Waals surface area (Å²) in [6.07, 6.45) is 0. The highest BCUT2D eigenvalue weighted by Gasteiger charge is 2.24. The zero-order chi connectivity index (χ0) is 36.7. The Morgan fingerprint density at radius 3 is 1.11 bits per heavy atom. The molecule has 260 valence electrons. The minimum Gasteiger partial charge on any atom is -0.278 e. The minimum atomic E-state index is 0.565. The molecule has 0 amide bonds. The van der Waals surface area contributed by atoms with Crippen molar-refractivity contribution in [2.24, 2.45) is 0 Å². The van der Waals surface area contributed by atoms with Gasteiger partial charge in [-0.3, -0.25) is 9.13 Å². The van der Waals surface area contributed by atoms with Crippen molar-refractivity contribution >= 4 is 76.2 Å². The van der Waals surface area contributed by atoms with Gasteiger partial charge in [0.2, 0.25) is 11.9 Å². The average Bonchev–Trinajstić information content (AvgIpc) is 3.80. The fourth-order valence-electron chi connectivity index (χ4n) is 8.70. The topological polar surface area (TPSA) is 61.4 Å². The van der Waals surface area contributed by atoms with E-state index in [9.17, 15) is 0 Å². The zero-order valence-electron chi connectivity index (χ0n) is 30.0. The van der Waals surface area contributed by atoms with Gasteiger partial charge < -0.3 is 0 Å². The van der Waals surface area contributed by atoms with E-state index in [4.69, 9.17) is 19.9 Å². The van der Waals surface area contributed by atoms with Crippen LogP contribution in [0.1, 0.15) is 0 Å². The normalized spacial score (nSPS) is 11.9. The molecule has 6 nitrogen and oxygen atoms in total. The van der Waals surface area contributed by atoms with Gasteiger partial charge >= 0.3 is 0 Å². The van der Waals surface area contributed by atoms with Crippen molar-refractivity contribution < 1.29 is 0 Å². The molecular weight excluding hydrogens is 685 g/mol. The van der Waals surface area contributed by atoms with Crippen molar-refractivity contribution in [3.05, 3.63) is 182 Å². The van der Waals surface area contributed by atoms with E-state index in [1.807, 2.05) is 36.4 Å². The molecule has 6 heteroatoms. The maximum atomic E-state index is 5.47. The monoisotopic (exact) mass is 714 g/mol. The minimum absolute atomic E-state index is 0.565. The van der Waals surface area contributed by atoms with Gasteiger partial charge in [-0.15, -0.1) is 0 Å². The van der Waals surface area contributed by atoms with Crippen LogP contribution < -0.4 is 0 Å². The second-order valence-corrected chi connectivity index (χ2v) is 14.2. The molecule has 0 unspecified atom stereocenters. The van der Waals surface area contributed by atoms with E-state index in [0.29, 0.717) is 22.9 Å². The number of rotatable bonds is 4. The molecule has 0 spiro atoms. The summed E-state index contributed by atoms with van der Waals surface area (Å²) in [5.74, 6) is 1.13. The molecule has 0 aliphatic heterocycles. The van der Waals surface area contributed by atoms with Crippen LogP contribution >= 0.6 is 0 Å². The highest BCUT2D eigenvalue weighted by molar-refractivity contribution is 6.22. The van der Waals surface area contributed by atoms with Crippen LogP contribution in [0.4, 0.5) is 0 Å². The second kappa shape index (κ2) is 11.9. The van der Waals surface area contributed by atoms with Crippen molar-refractivity contribution in [3.63, 3.8) is 0 Å². The standard InChI is InChI=1S/C50H30N6/c1-3-17-33(18-4-1)45-47-48(54-49(51-45)55-39-25-13-11-23-37(39)43-35-21-9-7-15-31(35)27-29-41(43)55)46(34-19-5-2-6-20-34)52-50(53-47)56-40-26-14-12-24-38(40)44-36-22-10-8-16-32(36)28-30-42(44)56/h1-30H. The first-order valence-corrected chi connectivity index (χ1v) is 18.8. The van der Waals surface area contributed by atoms with Crippen molar-refractivity contribution in [2.45, 2.75) is 0 Å². The van der Waals surface area contributed by atoms with Gasteiger partial charge in [-0.05, 0) is 45.8 Å². The molecule has 0 saturated heterocycles. The summed E-state index contributed by atoms with van der Waals surface area (Å²) in [4.78, 5) is 21.9. The Hall–Kier alpha value is -7.70. The highest BCUT2D eigenvalue weighted by Crippen LogP contribution is 2.40. The number of nitrogens with zero attached hydrogens (tertiary/aromatic N) is 6. The SMILES string of the molecule is c1ccc(-c2nc(-n3c4ccccc4c4c5ccccc5ccc43)nc3c(-c4ccccc4)nc(-n4c5ccccc5c5c6ccccc6ccc54)nc23)cc1. The third kappa shape index (κ3) is 4.44. The molecule has 4 heterocycles. The molecule has 0 atom stereocenters. The summed E-state index contributed by atoms with van der Waals surface area (Å²) >= 11 is 0. The molecule has 0 fully saturated rings. The first-order chi connectivity index (χ1) is 27.8. The maximum Gasteiger partial charge on any atom is 0.236 e. The lowest BCUT2D eigenvalue weighted by molar-refractivity contribution is 0.980. The Labute approximate surface area is 320 Å². The summed E-state index contributed by atoms with van der Waals surface area (Å²) in [6.45, 7) is 0. The molecule has 8 aromatic carbocycles. The predicted octanol–water partition coefficient (Wildman–Crippen LogP) is 12.3. The largest absolute Gasteiger partial charge is 0.278 e. The summed E-state index contributed by atoms with van der Waals surface area (Å²) in [5.41, 5.74) is 8.90. The second-order valence-electron chi connectivity index (χ2n) is 14.2. The van der Waals surface area contributed by atoms with Gasteiger partial charge in [-0.25, -0.2) is 19.9 Å². The van der Waals surface area contributed by atoms with Crippen LogP contribution in [0.3, 0.4) is 0 Å². The third-order valence-corrected chi connectivity index (χ3v) is 11.1. The molecule has 12 rings (SSSR count). The zero-order valence-corrected chi connectivity index (χ0v) is 30.0. The molecular formula is C50H30N6. The van der Waals surface area contributed by atoms with Crippen LogP contribution in [0.25, 0.3) is 111 Å². The van der Waals surface area contributed by atoms with Crippen LogP contribution in [0.5, 0.6) is 0 Å². The molecule has 0 saturated carbocycles. The predicted molar refractivity (Wildman–Crippen MR) is 230 cm³/mol. The van der Waals surface area contributed by atoms with Crippen molar-refractivity contribution in [3.8, 4) is 34.4 Å². The molecule has 12 aromatic rings. The van der Waals surface area contributed by atoms with E-state index in [-0.39, 0.29) is 0 Å². The summed E-state index contributed by atoms with van der Waals surface area (Å²) in [6, 6.07) is 63.6. The maximum absolute atomic E-state index is 5.47. The summed E-state index contributed by atoms with van der Waals surface area (Å²) in [7, 11) is 0. The molecule has 0 N–H and O–H groups in total. The quantitative estimate of drug-likeness (QED) is 0.182. The van der Waals surface area contributed by atoms with E-state index in [2.05, 4.69) is 155 Å². The van der Waals surface area contributed by atoms with Crippen LogP contribution in [0.2, 0.25) is 0 Å². The van der Waals surface area contributed by atoms with Crippen molar-refractivity contribution in [1.29, 1.82) is 0 Å². The first kappa shape index (κ1) is 30.7. The number of aromatic nitrogens is 6. The lowest BCUT2D eigenvalue weighted by Gasteiger charge is -2.15. The van der Waals surface area contributed by atoms with Gasteiger partial charge in [0.25, 0.3) is 0 Å². The molecule has 0 bridgehead atoms. The van der Waals surface area contributed by atoms with Gasteiger partial charge in [0.1, 0.15) is 22.4 Å². The highest BCUT2D eigenvalue weighted by atomic mass is 15.2. The Balaban J connectivity index is 1.23. The summed E-state index contributed by atoms with van der Waals surface area (Å²) < 4.78 is 4.40. The van der Waals surface area contributed by atoms with Gasteiger partial charge in [0, 0.05) is 32.7 Å². The third-order valence-electron chi connectivity index (χ3n) is 11.1. The van der Waals surface area contributed by atoms with Crippen LogP contribution in [0.15, 0.2) is 182 Å². The smallest absolute Gasteiger partial charge is 0.236 e. The van der Waals surface area contributed by atoms with E-state index < -0.39 is 0 Å². The number of hydrogen-bond donors (Lipinski definition) is 0. The number of fused-ring (bicyclic) bond motifs is 11. The van der Waals surface area contributed by atoms with Crippen molar-refractivity contribution in [1.82, 2.24) is 29.1 Å². The first-order valence-electron chi connectivity index (χ1n) is 18.8. The molecule has 0 radical (unpaired) electrons. The molecule has 0 aliphatic rings. The number of hydrogen-bond acceptors (Lipinski definition) is 4. The number of benzene rings is 8. The number of para-hydroxylation sites is 2. The fraction of sp³-hybridized carbons (Fsp3) is 0. The Morgan fingerprint density at radius 2 is 0.661 bits per heavy atom. The van der Waals surface area contributed by atoms with Crippen molar-refractivity contribution in [2.75, 3.05) is 0 Å². The van der Waals surface area contributed by atoms with E-state index in [1.54, 1.807) is 0 Å². The van der Waals surface area contributed by atoms with Gasteiger partial charge in [0.05, 0.1) is 22.1 Å².